The standard InChI is InChI=1S/C13H26O2Si/c1-2-3-4-5-6-9-13(14)12-16-11-8-7-10-15-16/h16H,2-12H2,1H3. The molecule has 0 spiro atoms. The van der Waals surface area contributed by atoms with E-state index in [9.17, 15) is 4.79 Å². The summed E-state index contributed by atoms with van der Waals surface area (Å²) in [6.07, 6.45) is 9.51. The van der Waals surface area contributed by atoms with E-state index in [1.807, 2.05) is 0 Å². The highest BCUT2D eigenvalue weighted by Gasteiger charge is 2.19. The molecule has 0 N–H and O–H groups in total. The van der Waals surface area contributed by atoms with Crippen molar-refractivity contribution >= 4 is 14.8 Å². The van der Waals surface area contributed by atoms with Crippen LogP contribution >= 0.6 is 0 Å². The van der Waals surface area contributed by atoms with Gasteiger partial charge in [-0.1, -0.05) is 39.0 Å². The van der Waals surface area contributed by atoms with Gasteiger partial charge in [0, 0.05) is 19.1 Å². The summed E-state index contributed by atoms with van der Waals surface area (Å²) in [5, 5.41) is 0. The van der Waals surface area contributed by atoms with Gasteiger partial charge in [-0.15, -0.1) is 0 Å². The lowest BCUT2D eigenvalue weighted by molar-refractivity contribution is -0.117. The van der Waals surface area contributed by atoms with Crippen molar-refractivity contribution in [3.63, 3.8) is 0 Å². The molecular weight excluding hydrogens is 216 g/mol. The summed E-state index contributed by atoms with van der Waals surface area (Å²) in [7, 11) is -1.10. The van der Waals surface area contributed by atoms with E-state index < -0.39 is 9.04 Å². The lowest BCUT2D eigenvalue weighted by Crippen LogP contribution is -2.25. The number of ketones is 1. The summed E-state index contributed by atoms with van der Waals surface area (Å²) < 4.78 is 5.71. The minimum absolute atomic E-state index is 0.468. The summed E-state index contributed by atoms with van der Waals surface area (Å²) in [4.78, 5) is 11.7. The summed E-state index contributed by atoms with van der Waals surface area (Å²) in [6, 6.07) is 2.02. The summed E-state index contributed by atoms with van der Waals surface area (Å²) in [5.74, 6) is 0.468. The molecule has 1 fully saturated rings. The van der Waals surface area contributed by atoms with Crippen molar-refractivity contribution in [2.75, 3.05) is 6.61 Å². The van der Waals surface area contributed by atoms with Gasteiger partial charge in [0.25, 0.3) is 0 Å². The van der Waals surface area contributed by atoms with E-state index in [1.165, 1.54) is 44.6 Å². The molecule has 1 aliphatic rings. The van der Waals surface area contributed by atoms with Gasteiger partial charge in [-0.05, 0) is 18.9 Å². The first-order valence-electron chi connectivity index (χ1n) is 6.96. The minimum atomic E-state index is -1.10. The quantitative estimate of drug-likeness (QED) is 0.481. The van der Waals surface area contributed by atoms with Crippen molar-refractivity contribution < 1.29 is 9.22 Å². The number of carbonyl (C=O) groups is 1. The monoisotopic (exact) mass is 242 g/mol. The molecule has 1 unspecified atom stereocenters. The second kappa shape index (κ2) is 8.94. The second-order valence-electron chi connectivity index (χ2n) is 4.90. The molecule has 0 radical (unpaired) electrons. The van der Waals surface area contributed by atoms with Crippen LogP contribution in [0, 0.1) is 0 Å². The third-order valence-corrected chi connectivity index (χ3v) is 5.96. The normalized spacial score (nSPS) is 20.9. The van der Waals surface area contributed by atoms with Crippen LogP contribution < -0.4 is 0 Å². The predicted octanol–water partition coefficient (Wildman–Crippen LogP) is 3.45. The fourth-order valence-corrected chi connectivity index (χ4v) is 4.69. The first-order chi connectivity index (χ1) is 7.83. The molecule has 1 atom stereocenters. The average molecular weight is 242 g/mol. The molecule has 0 amide bonds. The maximum absolute atomic E-state index is 11.7. The molecule has 1 heterocycles. The van der Waals surface area contributed by atoms with Crippen LogP contribution in [0.2, 0.25) is 12.1 Å². The molecule has 3 heteroatoms. The topological polar surface area (TPSA) is 26.3 Å². The molecule has 0 aromatic carbocycles. The van der Waals surface area contributed by atoms with Gasteiger partial charge in [-0.2, -0.15) is 0 Å². The molecule has 1 saturated heterocycles. The molecule has 0 aromatic rings. The summed E-state index contributed by atoms with van der Waals surface area (Å²) in [6.45, 7) is 3.14. The number of hydrogen-bond donors (Lipinski definition) is 0. The Balaban J connectivity index is 1.97. The Bertz CT molecular complexity index is 188. The third-order valence-electron chi connectivity index (χ3n) is 3.29. The highest BCUT2D eigenvalue weighted by Crippen LogP contribution is 2.16. The van der Waals surface area contributed by atoms with Crippen LogP contribution in [-0.4, -0.2) is 21.4 Å². The molecule has 0 saturated carbocycles. The number of unbranched alkanes of at least 4 members (excludes halogenated alkanes) is 4. The molecular formula is C13H26O2Si. The number of hydrogen-bond acceptors (Lipinski definition) is 2. The van der Waals surface area contributed by atoms with Gasteiger partial charge in [0.2, 0.25) is 0 Å². The molecule has 94 valence electrons. The Morgan fingerprint density at radius 3 is 2.69 bits per heavy atom. The largest absolute Gasteiger partial charge is 0.420 e. The zero-order valence-electron chi connectivity index (χ0n) is 10.7. The van der Waals surface area contributed by atoms with E-state index in [2.05, 4.69) is 6.92 Å². The number of rotatable bonds is 8. The van der Waals surface area contributed by atoms with Crippen molar-refractivity contribution in [2.45, 2.75) is 70.4 Å². The van der Waals surface area contributed by atoms with Crippen molar-refractivity contribution in [1.29, 1.82) is 0 Å². The molecule has 0 bridgehead atoms. The molecule has 2 nitrogen and oxygen atoms in total. The predicted molar refractivity (Wildman–Crippen MR) is 70.3 cm³/mol. The lowest BCUT2D eigenvalue weighted by atomic mass is 10.1. The van der Waals surface area contributed by atoms with Crippen molar-refractivity contribution in [2.24, 2.45) is 0 Å². The molecule has 16 heavy (non-hydrogen) atoms. The van der Waals surface area contributed by atoms with Gasteiger partial charge in [0.15, 0.2) is 9.04 Å². The van der Waals surface area contributed by atoms with Crippen molar-refractivity contribution in [1.82, 2.24) is 0 Å². The van der Waals surface area contributed by atoms with Crippen molar-refractivity contribution in [3.05, 3.63) is 0 Å². The van der Waals surface area contributed by atoms with E-state index >= 15 is 0 Å². The van der Waals surface area contributed by atoms with E-state index in [0.717, 1.165) is 25.5 Å². The van der Waals surface area contributed by atoms with Crippen LogP contribution in [0.15, 0.2) is 0 Å². The molecule has 1 aliphatic heterocycles. The lowest BCUT2D eigenvalue weighted by Gasteiger charge is -2.20. The van der Waals surface area contributed by atoms with Crippen LogP contribution in [0.25, 0.3) is 0 Å². The number of Topliss-reactive ketones (excluding diaryl/α,β-unsaturated/α-hetero) is 1. The third kappa shape index (κ3) is 6.43. The van der Waals surface area contributed by atoms with Gasteiger partial charge in [0.05, 0.1) is 0 Å². The Kier molecular flexibility index (Phi) is 7.77. The van der Waals surface area contributed by atoms with Crippen LogP contribution in [0.1, 0.15) is 58.3 Å². The second-order valence-corrected chi connectivity index (χ2v) is 7.46. The highest BCUT2D eigenvalue weighted by atomic mass is 28.3. The van der Waals surface area contributed by atoms with Gasteiger partial charge < -0.3 is 4.43 Å². The van der Waals surface area contributed by atoms with E-state index in [0.29, 0.717) is 5.78 Å². The van der Waals surface area contributed by atoms with E-state index in [-0.39, 0.29) is 0 Å². The van der Waals surface area contributed by atoms with Gasteiger partial charge >= 0.3 is 0 Å². The van der Waals surface area contributed by atoms with Crippen LogP contribution in [-0.2, 0) is 9.22 Å². The molecule has 0 aromatic heterocycles. The highest BCUT2D eigenvalue weighted by molar-refractivity contribution is 6.56. The maximum Gasteiger partial charge on any atom is 0.184 e. The Morgan fingerprint density at radius 2 is 2.00 bits per heavy atom. The van der Waals surface area contributed by atoms with Gasteiger partial charge in [-0.3, -0.25) is 4.79 Å². The zero-order chi connectivity index (χ0) is 11.6. The van der Waals surface area contributed by atoms with E-state index in [4.69, 9.17) is 4.43 Å². The van der Waals surface area contributed by atoms with Crippen LogP contribution in [0.4, 0.5) is 0 Å². The van der Waals surface area contributed by atoms with Gasteiger partial charge in [-0.25, -0.2) is 0 Å². The maximum atomic E-state index is 11.7. The Morgan fingerprint density at radius 1 is 1.19 bits per heavy atom. The minimum Gasteiger partial charge on any atom is -0.420 e. The Labute approximate surface area is 101 Å². The Hall–Kier alpha value is -0.153. The summed E-state index contributed by atoms with van der Waals surface area (Å²) in [5.41, 5.74) is 0. The van der Waals surface area contributed by atoms with E-state index in [1.54, 1.807) is 0 Å². The molecule has 0 aliphatic carbocycles. The van der Waals surface area contributed by atoms with Crippen LogP contribution in [0.3, 0.4) is 0 Å². The average Bonchev–Trinajstić information content (AvgIpc) is 2.30. The first-order valence-corrected chi connectivity index (χ1v) is 9.06. The molecule has 1 rings (SSSR count). The fourth-order valence-electron chi connectivity index (χ4n) is 2.25. The fraction of sp³-hybridized carbons (Fsp3) is 0.923. The SMILES string of the molecule is CCCCCCCC(=O)C[SiH]1CCCCO1. The smallest absolute Gasteiger partial charge is 0.184 e. The first kappa shape index (κ1) is 13.9. The van der Waals surface area contributed by atoms with Crippen molar-refractivity contribution in [3.8, 4) is 0 Å². The number of carbonyl (C=O) groups excluding carboxylic acids is 1. The van der Waals surface area contributed by atoms with Crippen LogP contribution in [0.5, 0.6) is 0 Å². The summed E-state index contributed by atoms with van der Waals surface area (Å²) >= 11 is 0. The van der Waals surface area contributed by atoms with Gasteiger partial charge in [0.1, 0.15) is 5.78 Å². The zero-order valence-corrected chi connectivity index (χ0v) is 11.8.